The van der Waals surface area contributed by atoms with Crippen LogP contribution >= 0.6 is 0 Å². The van der Waals surface area contributed by atoms with Crippen LogP contribution in [-0.4, -0.2) is 33.9 Å². The van der Waals surface area contributed by atoms with Crippen LogP contribution in [0.15, 0.2) is 24.5 Å². The van der Waals surface area contributed by atoms with Crippen LogP contribution in [0.4, 0.5) is 14.9 Å². The summed E-state index contributed by atoms with van der Waals surface area (Å²) in [5, 5.41) is 9.41. The number of halogens is 1. The molecule has 0 radical (unpaired) electrons. The van der Waals surface area contributed by atoms with Crippen LogP contribution in [0, 0.1) is 5.82 Å². The highest BCUT2D eigenvalue weighted by atomic mass is 19.1. The Bertz CT molecular complexity index is 688. The number of aromatic nitrogens is 3. The van der Waals surface area contributed by atoms with Gasteiger partial charge in [0, 0.05) is 12.5 Å². The van der Waals surface area contributed by atoms with E-state index in [0.717, 1.165) is 18.7 Å². The number of aryl methyl sites for hydroxylation is 1. The minimum absolute atomic E-state index is 0.0668. The van der Waals surface area contributed by atoms with Crippen LogP contribution in [0.5, 0.6) is 5.75 Å². The van der Waals surface area contributed by atoms with Gasteiger partial charge in [-0.2, -0.15) is 5.10 Å². The predicted octanol–water partition coefficient (Wildman–Crippen LogP) is 1.56. The van der Waals surface area contributed by atoms with Crippen molar-refractivity contribution in [1.29, 1.82) is 0 Å². The summed E-state index contributed by atoms with van der Waals surface area (Å²) < 4.78 is 20.5. The van der Waals surface area contributed by atoms with E-state index >= 15 is 0 Å². The van der Waals surface area contributed by atoms with Crippen LogP contribution in [0.2, 0.25) is 0 Å². The molecule has 1 aromatic carbocycles. The molecule has 0 saturated heterocycles. The molecule has 1 aliphatic heterocycles. The van der Waals surface area contributed by atoms with Gasteiger partial charge in [0.25, 0.3) is 0 Å². The number of ether oxygens (including phenoxy) is 1. The Labute approximate surface area is 126 Å². The van der Waals surface area contributed by atoms with E-state index in [9.17, 15) is 9.18 Å². The van der Waals surface area contributed by atoms with E-state index in [-0.39, 0.29) is 11.7 Å². The molecule has 116 valence electrons. The van der Waals surface area contributed by atoms with Crippen LogP contribution in [0.25, 0.3) is 0 Å². The molecule has 1 atom stereocenters. The van der Waals surface area contributed by atoms with E-state index in [1.165, 1.54) is 31.6 Å². The van der Waals surface area contributed by atoms with Gasteiger partial charge >= 0.3 is 6.03 Å². The average molecular weight is 305 g/mol. The summed E-state index contributed by atoms with van der Waals surface area (Å²) in [5.41, 5.74) is 0.0779. The topological polar surface area (TPSA) is 81.1 Å². The van der Waals surface area contributed by atoms with Crippen molar-refractivity contribution in [3.8, 4) is 5.75 Å². The van der Waals surface area contributed by atoms with Gasteiger partial charge in [-0.15, -0.1) is 0 Å². The van der Waals surface area contributed by atoms with E-state index in [2.05, 4.69) is 20.7 Å². The van der Waals surface area contributed by atoms with Crippen molar-refractivity contribution in [2.45, 2.75) is 25.4 Å². The number of carbonyl (C=O) groups excluding carboxylic acids is 1. The van der Waals surface area contributed by atoms with E-state index < -0.39 is 11.8 Å². The zero-order chi connectivity index (χ0) is 15.5. The lowest BCUT2D eigenvalue weighted by atomic mass is 10.1. The van der Waals surface area contributed by atoms with E-state index in [1.54, 1.807) is 4.68 Å². The molecule has 1 aliphatic rings. The summed E-state index contributed by atoms with van der Waals surface area (Å²) in [7, 11) is 1.48. The van der Waals surface area contributed by atoms with Crippen molar-refractivity contribution in [2.75, 3.05) is 12.4 Å². The Morgan fingerprint density at radius 3 is 3.18 bits per heavy atom. The molecule has 0 unspecified atom stereocenters. The first-order valence-corrected chi connectivity index (χ1v) is 6.93. The second kappa shape index (κ2) is 6.00. The number of methoxy groups -OCH3 is 1. The summed E-state index contributed by atoms with van der Waals surface area (Å²) in [6.45, 7) is 0.559. The lowest BCUT2D eigenvalue weighted by Gasteiger charge is -2.23. The molecule has 2 aromatic rings. The largest absolute Gasteiger partial charge is 0.497 e. The quantitative estimate of drug-likeness (QED) is 0.902. The lowest BCUT2D eigenvalue weighted by Crippen LogP contribution is -2.43. The standard InChI is InChI=1S/C14H16FN5O2/c1-22-10-3-4-11(15)12(6-10)19-14(21)18-9-2-5-13-16-8-17-20(13)7-9/h3-4,6,8-9H,2,5,7H2,1H3,(H2,18,19,21)/t9-/m0/s1. The van der Waals surface area contributed by atoms with Crippen molar-refractivity contribution in [1.82, 2.24) is 20.1 Å². The van der Waals surface area contributed by atoms with Crippen molar-refractivity contribution >= 4 is 11.7 Å². The Morgan fingerprint density at radius 1 is 1.50 bits per heavy atom. The molecule has 3 rings (SSSR count). The highest BCUT2D eigenvalue weighted by Crippen LogP contribution is 2.21. The van der Waals surface area contributed by atoms with Gasteiger partial charge in [-0.25, -0.2) is 18.9 Å². The van der Waals surface area contributed by atoms with Crippen LogP contribution in [-0.2, 0) is 13.0 Å². The third-order valence-electron chi connectivity index (χ3n) is 3.56. The fourth-order valence-corrected chi connectivity index (χ4v) is 2.43. The van der Waals surface area contributed by atoms with Gasteiger partial charge in [-0.05, 0) is 18.6 Å². The second-order valence-corrected chi connectivity index (χ2v) is 5.04. The molecule has 8 heteroatoms. The van der Waals surface area contributed by atoms with Crippen LogP contribution in [0.3, 0.4) is 0 Å². The van der Waals surface area contributed by atoms with E-state index in [1.807, 2.05) is 0 Å². The number of hydrogen-bond donors (Lipinski definition) is 2. The molecule has 22 heavy (non-hydrogen) atoms. The average Bonchev–Trinajstić information content (AvgIpc) is 2.97. The summed E-state index contributed by atoms with van der Waals surface area (Å²) in [4.78, 5) is 16.1. The van der Waals surface area contributed by atoms with Gasteiger partial charge < -0.3 is 15.4 Å². The zero-order valence-electron chi connectivity index (χ0n) is 12.0. The molecule has 0 bridgehead atoms. The minimum Gasteiger partial charge on any atom is -0.497 e. The van der Waals surface area contributed by atoms with Crippen molar-refractivity contribution in [3.05, 3.63) is 36.2 Å². The number of carbonyl (C=O) groups is 1. The van der Waals surface area contributed by atoms with Crippen molar-refractivity contribution in [2.24, 2.45) is 0 Å². The Hall–Kier alpha value is -2.64. The normalized spacial score (nSPS) is 16.7. The molecule has 2 heterocycles. The van der Waals surface area contributed by atoms with Gasteiger partial charge in [0.15, 0.2) is 0 Å². The molecular formula is C14H16FN5O2. The highest BCUT2D eigenvalue weighted by Gasteiger charge is 2.21. The predicted molar refractivity (Wildman–Crippen MR) is 77.2 cm³/mol. The zero-order valence-corrected chi connectivity index (χ0v) is 12.0. The Morgan fingerprint density at radius 2 is 2.36 bits per heavy atom. The molecule has 1 aromatic heterocycles. The van der Waals surface area contributed by atoms with Crippen LogP contribution < -0.4 is 15.4 Å². The van der Waals surface area contributed by atoms with E-state index in [4.69, 9.17) is 4.74 Å². The van der Waals surface area contributed by atoms with Gasteiger partial charge in [-0.3, -0.25) is 0 Å². The molecule has 2 amide bonds. The van der Waals surface area contributed by atoms with E-state index in [0.29, 0.717) is 12.3 Å². The maximum atomic E-state index is 13.7. The van der Waals surface area contributed by atoms with Crippen molar-refractivity contribution < 1.29 is 13.9 Å². The number of urea groups is 1. The van der Waals surface area contributed by atoms with Crippen molar-refractivity contribution in [3.63, 3.8) is 0 Å². The summed E-state index contributed by atoms with van der Waals surface area (Å²) in [6.07, 6.45) is 3.02. The van der Waals surface area contributed by atoms with Crippen LogP contribution in [0.1, 0.15) is 12.2 Å². The number of hydrogen-bond acceptors (Lipinski definition) is 4. The van der Waals surface area contributed by atoms with Gasteiger partial charge in [0.2, 0.25) is 0 Å². The molecule has 2 N–H and O–H groups in total. The first kappa shape index (κ1) is 14.3. The SMILES string of the molecule is COc1ccc(F)c(NC(=O)N[C@H]2CCc3ncnn3C2)c1. The smallest absolute Gasteiger partial charge is 0.319 e. The first-order chi connectivity index (χ1) is 10.7. The molecule has 0 aliphatic carbocycles. The maximum absolute atomic E-state index is 13.7. The second-order valence-electron chi connectivity index (χ2n) is 5.04. The number of nitrogens with one attached hydrogen (secondary N) is 2. The highest BCUT2D eigenvalue weighted by molar-refractivity contribution is 5.89. The third-order valence-corrected chi connectivity index (χ3v) is 3.56. The number of fused-ring (bicyclic) bond motifs is 1. The Balaban J connectivity index is 1.61. The summed E-state index contributed by atoms with van der Waals surface area (Å²) in [6, 6.07) is 3.65. The number of anilines is 1. The van der Waals surface area contributed by atoms with Gasteiger partial charge in [0.05, 0.1) is 25.4 Å². The molecule has 7 nitrogen and oxygen atoms in total. The number of benzene rings is 1. The third kappa shape index (κ3) is 3.00. The lowest BCUT2D eigenvalue weighted by molar-refractivity contribution is 0.243. The number of nitrogens with zero attached hydrogens (tertiary/aromatic N) is 3. The van der Waals surface area contributed by atoms with Gasteiger partial charge in [0.1, 0.15) is 23.7 Å². The summed E-state index contributed by atoms with van der Waals surface area (Å²) >= 11 is 0. The Kier molecular flexibility index (Phi) is 3.90. The monoisotopic (exact) mass is 305 g/mol. The minimum atomic E-state index is -0.516. The number of amides is 2. The summed E-state index contributed by atoms with van der Waals surface area (Å²) in [5.74, 6) is 0.872. The fraction of sp³-hybridized carbons (Fsp3) is 0.357. The molecule has 0 spiro atoms. The first-order valence-electron chi connectivity index (χ1n) is 6.93. The number of rotatable bonds is 3. The molecular weight excluding hydrogens is 289 g/mol. The molecule has 0 saturated carbocycles. The molecule has 0 fully saturated rings. The fourth-order valence-electron chi connectivity index (χ4n) is 2.43. The van der Waals surface area contributed by atoms with Gasteiger partial charge in [-0.1, -0.05) is 0 Å². The maximum Gasteiger partial charge on any atom is 0.319 e.